The summed E-state index contributed by atoms with van der Waals surface area (Å²) in [6.07, 6.45) is 2.78. The summed E-state index contributed by atoms with van der Waals surface area (Å²) in [5, 5.41) is 0.884. The van der Waals surface area contributed by atoms with Crippen molar-refractivity contribution in [1.29, 1.82) is 0 Å². The molecule has 2 heterocycles. The summed E-state index contributed by atoms with van der Waals surface area (Å²) >= 11 is 0. The first-order valence-electron chi connectivity index (χ1n) is 6.01. The van der Waals surface area contributed by atoms with E-state index in [4.69, 9.17) is 4.74 Å². The van der Waals surface area contributed by atoms with Gasteiger partial charge < -0.3 is 9.64 Å². The Balaban J connectivity index is 2.08. The van der Waals surface area contributed by atoms with Gasteiger partial charge in [0.1, 0.15) is 5.75 Å². The number of methoxy groups -OCH3 is 1. The third-order valence-corrected chi connectivity index (χ3v) is 3.32. The predicted octanol–water partition coefficient (Wildman–Crippen LogP) is 2.09. The highest BCUT2D eigenvalue weighted by molar-refractivity contribution is 6.06. The van der Waals surface area contributed by atoms with Crippen molar-refractivity contribution in [3.63, 3.8) is 0 Å². The molecule has 1 saturated heterocycles. The normalized spacial score (nSPS) is 14.4. The van der Waals surface area contributed by atoms with Gasteiger partial charge in [0.15, 0.2) is 0 Å². The Kier molecular flexibility index (Phi) is 2.63. The Morgan fingerprint density at radius 3 is 2.83 bits per heavy atom. The maximum absolute atomic E-state index is 12.3. The lowest BCUT2D eigenvalue weighted by Gasteiger charge is -2.31. The van der Waals surface area contributed by atoms with E-state index in [0.717, 1.165) is 41.7 Å². The second-order valence-corrected chi connectivity index (χ2v) is 4.39. The van der Waals surface area contributed by atoms with Gasteiger partial charge in [0.25, 0.3) is 5.91 Å². The van der Waals surface area contributed by atoms with Crippen molar-refractivity contribution in [3.8, 4) is 5.75 Å². The molecule has 2 aromatic rings. The van der Waals surface area contributed by atoms with Crippen molar-refractivity contribution in [2.75, 3.05) is 20.2 Å². The molecule has 4 heteroatoms. The minimum Gasteiger partial charge on any atom is -0.497 e. The number of fused-ring (bicyclic) bond motifs is 1. The summed E-state index contributed by atoms with van der Waals surface area (Å²) in [5.74, 6) is 0.849. The van der Waals surface area contributed by atoms with Crippen molar-refractivity contribution >= 4 is 16.8 Å². The van der Waals surface area contributed by atoms with Gasteiger partial charge in [-0.1, -0.05) is 0 Å². The van der Waals surface area contributed by atoms with E-state index in [0.29, 0.717) is 0 Å². The molecule has 0 aliphatic carbocycles. The number of hydrogen-bond donors (Lipinski definition) is 0. The summed E-state index contributed by atoms with van der Waals surface area (Å²) < 4.78 is 5.17. The molecule has 3 rings (SSSR count). The first-order valence-corrected chi connectivity index (χ1v) is 6.01. The van der Waals surface area contributed by atoms with E-state index in [9.17, 15) is 4.79 Å². The van der Waals surface area contributed by atoms with Gasteiger partial charge in [-0.2, -0.15) is 0 Å². The van der Waals surface area contributed by atoms with Crippen LogP contribution in [-0.2, 0) is 0 Å². The number of carbonyl (C=O) groups is 1. The molecule has 4 nitrogen and oxygen atoms in total. The van der Waals surface area contributed by atoms with Gasteiger partial charge in [-0.3, -0.25) is 9.78 Å². The van der Waals surface area contributed by atoms with Gasteiger partial charge in [-0.25, -0.2) is 0 Å². The van der Waals surface area contributed by atoms with Gasteiger partial charge in [0.05, 0.1) is 18.2 Å². The summed E-state index contributed by atoms with van der Waals surface area (Å²) in [5.41, 5.74) is 1.52. The molecule has 1 fully saturated rings. The summed E-state index contributed by atoms with van der Waals surface area (Å²) in [4.78, 5) is 18.4. The van der Waals surface area contributed by atoms with E-state index in [1.54, 1.807) is 19.4 Å². The number of rotatable bonds is 2. The number of ether oxygens (including phenoxy) is 1. The highest BCUT2D eigenvalue weighted by Crippen LogP contribution is 2.24. The van der Waals surface area contributed by atoms with E-state index in [2.05, 4.69) is 4.98 Å². The lowest BCUT2D eigenvalue weighted by Crippen LogP contribution is -2.42. The van der Waals surface area contributed by atoms with Crippen LogP contribution in [-0.4, -0.2) is 36.0 Å². The highest BCUT2D eigenvalue weighted by atomic mass is 16.5. The van der Waals surface area contributed by atoms with Crippen LogP contribution in [0.1, 0.15) is 16.8 Å². The van der Waals surface area contributed by atoms with Gasteiger partial charge in [0, 0.05) is 30.7 Å². The minimum absolute atomic E-state index is 0.0961. The lowest BCUT2D eigenvalue weighted by atomic mass is 10.1. The van der Waals surface area contributed by atoms with Crippen molar-refractivity contribution < 1.29 is 9.53 Å². The standard InChI is InChI=1S/C14H14N2O2/c1-18-10-3-4-11-12(5-6-15-13(11)9-10)14(17)16-7-2-8-16/h3-6,9H,2,7-8H2,1H3. The molecule has 1 aromatic carbocycles. The van der Waals surface area contributed by atoms with E-state index >= 15 is 0 Å². The molecule has 1 aliphatic heterocycles. The maximum Gasteiger partial charge on any atom is 0.254 e. The van der Waals surface area contributed by atoms with Crippen LogP contribution in [0, 0.1) is 0 Å². The number of nitrogens with zero attached hydrogens (tertiary/aromatic N) is 2. The second-order valence-electron chi connectivity index (χ2n) is 4.39. The Morgan fingerprint density at radius 1 is 1.33 bits per heavy atom. The van der Waals surface area contributed by atoms with Crippen LogP contribution in [0.25, 0.3) is 10.9 Å². The quantitative estimate of drug-likeness (QED) is 0.809. The molecule has 0 spiro atoms. The molecule has 0 N–H and O–H groups in total. The number of carbonyl (C=O) groups excluding carboxylic acids is 1. The molecule has 92 valence electrons. The highest BCUT2D eigenvalue weighted by Gasteiger charge is 2.23. The number of pyridine rings is 1. The molecule has 0 bridgehead atoms. The number of hydrogen-bond acceptors (Lipinski definition) is 3. The van der Waals surface area contributed by atoms with Crippen molar-refractivity contribution in [2.24, 2.45) is 0 Å². The van der Waals surface area contributed by atoms with Crippen LogP contribution in [0.5, 0.6) is 5.75 Å². The maximum atomic E-state index is 12.3. The fourth-order valence-corrected chi connectivity index (χ4v) is 2.13. The molecule has 0 atom stereocenters. The zero-order valence-electron chi connectivity index (χ0n) is 10.2. The zero-order chi connectivity index (χ0) is 12.5. The van der Waals surface area contributed by atoms with E-state index in [1.807, 2.05) is 23.1 Å². The van der Waals surface area contributed by atoms with Crippen LogP contribution < -0.4 is 4.74 Å². The molecule has 1 aliphatic rings. The molecule has 1 aromatic heterocycles. The summed E-state index contributed by atoms with van der Waals surface area (Å²) in [7, 11) is 1.62. The fraction of sp³-hybridized carbons (Fsp3) is 0.286. The third-order valence-electron chi connectivity index (χ3n) is 3.32. The zero-order valence-corrected chi connectivity index (χ0v) is 10.2. The smallest absolute Gasteiger partial charge is 0.254 e. The van der Waals surface area contributed by atoms with Gasteiger partial charge in [0.2, 0.25) is 0 Å². The second kappa shape index (κ2) is 4.29. The average Bonchev–Trinajstić information content (AvgIpc) is 2.35. The van der Waals surface area contributed by atoms with Crippen LogP contribution >= 0.6 is 0 Å². The summed E-state index contributed by atoms with van der Waals surface area (Å²) in [6.45, 7) is 1.72. The van der Waals surface area contributed by atoms with E-state index in [1.165, 1.54) is 0 Å². The van der Waals surface area contributed by atoms with Gasteiger partial charge in [-0.05, 0) is 24.6 Å². The Hall–Kier alpha value is -2.10. The molecule has 0 radical (unpaired) electrons. The van der Waals surface area contributed by atoms with Crippen LogP contribution in [0.4, 0.5) is 0 Å². The summed E-state index contributed by atoms with van der Waals surface area (Å²) in [6, 6.07) is 7.39. The molecule has 0 unspecified atom stereocenters. The predicted molar refractivity (Wildman–Crippen MR) is 68.8 cm³/mol. The van der Waals surface area contributed by atoms with Crippen LogP contribution in [0.2, 0.25) is 0 Å². The van der Waals surface area contributed by atoms with Crippen LogP contribution in [0.3, 0.4) is 0 Å². The number of likely N-dealkylation sites (tertiary alicyclic amines) is 1. The SMILES string of the molecule is COc1ccc2c(C(=O)N3CCC3)ccnc2c1. The third kappa shape index (κ3) is 1.70. The Bertz CT molecular complexity index is 606. The molecule has 1 amide bonds. The number of amides is 1. The lowest BCUT2D eigenvalue weighted by molar-refractivity contribution is 0.0654. The molecular weight excluding hydrogens is 228 g/mol. The fourth-order valence-electron chi connectivity index (χ4n) is 2.13. The molecule has 0 saturated carbocycles. The first-order chi connectivity index (χ1) is 8.79. The van der Waals surface area contributed by atoms with Crippen molar-refractivity contribution in [3.05, 3.63) is 36.0 Å². The number of benzene rings is 1. The number of aromatic nitrogens is 1. The van der Waals surface area contributed by atoms with Gasteiger partial charge >= 0.3 is 0 Å². The largest absolute Gasteiger partial charge is 0.497 e. The van der Waals surface area contributed by atoms with Crippen molar-refractivity contribution in [1.82, 2.24) is 9.88 Å². The van der Waals surface area contributed by atoms with Gasteiger partial charge in [-0.15, -0.1) is 0 Å². The van der Waals surface area contributed by atoms with Crippen LogP contribution in [0.15, 0.2) is 30.5 Å². The molecule has 18 heavy (non-hydrogen) atoms. The Morgan fingerprint density at radius 2 is 2.17 bits per heavy atom. The Labute approximate surface area is 105 Å². The first kappa shape index (κ1) is 11.0. The van der Waals surface area contributed by atoms with E-state index in [-0.39, 0.29) is 5.91 Å². The van der Waals surface area contributed by atoms with Crippen molar-refractivity contribution in [2.45, 2.75) is 6.42 Å². The topological polar surface area (TPSA) is 42.4 Å². The molecular formula is C14H14N2O2. The minimum atomic E-state index is 0.0961. The monoisotopic (exact) mass is 242 g/mol. The van der Waals surface area contributed by atoms with E-state index < -0.39 is 0 Å². The average molecular weight is 242 g/mol.